The highest BCUT2D eigenvalue weighted by Gasteiger charge is 2.39. The molecule has 0 bridgehead atoms. The lowest BCUT2D eigenvalue weighted by Crippen LogP contribution is -2.45. The van der Waals surface area contributed by atoms with E-state index in [1.54, 1.807) is 4.90 Å². The average Bonchev–Trinajstić information content (AvgIpc) is 3.08. The summed E-state index contributed by atoms with van der Waals surface area (Å²) in [6.45, 7) is 5.41. The molecular weight excluding hydrogens is 382 g/mol. The van der Waals surface area contributed by atoms with Crippen LogP contribution in [0.15, 0.2) is 6.20 Å². The molecule has 0 radical (unpaired) electrons. The Morgan fingerprint density at radius 1 is 1.32 bits per heavy atom. The standard InChI is InChI=1S/C18H25N5O4S/c1-5-19-17-21-11(2)13(28-17)15(24)23-8-6-18(25,7-9-23)12-10-20-16(27-4)22-14(12)26-3/h10,25H,5-9H2,1-4H3,(H,19,21). The van der Waals surface area contributed by atoms with E-state index in [4.69, 9.17) is 9.47 Å². The number of rotatable bonds is 6. The van der Waals surface area contributed by atoms with E-state index in [1.807, 2.05) is 13.8 Å². The van der Waals surface area contributed by atoms with E-state index >= 15 is 0 Å². The number of piperidine rings is 1. The molecule has 2 aromatic rings. The molecule has 0 unspecified atom stereocenters. The van der Waals surface area contributed by atoms with Gasteiger partial charge in [0.05, 0.1) is 31.1 Å². The van der Waals surface area contributed by atoms with Crippen LogP contribution in [0, 0.1) is 6.92 Å². The molecule has 1 amide bonds. The Labute approximate surface area is 167 Å². The van der Waals surface area contributed by atoms with Gasteiger partial charge >= 0.3 is 6.01 Å². The van der Waals surface area contributed by atoms with Crippen LogP contribution in [-0.4, -0.2) is 64.7 Å². The third kappa shape index (κ3) is 3.88. The van der Waals surface area contributed by atoms with E-state index in [9.17, 15) is 9.90 Å². The van der Waals surface area contributed by atoms with Gasteiger partial charge in [-0.25, -0.2) is 9.97 Å². The van der Waals surface area contributed by atoms with Crippen LogP contribution in [0.2, 0.25) is 0 Å². The minimum atomic E-state index is -1.16. The van der Waals surface area contributed by atoms with E-state index in [0.29, 0.717) is 36.4 Å². The molecule has 1 aliphatic rings. The largest absolute Gasteiger partial charge is 0.481 e. The fourth-order valence-corrected chi connectivity index (χ4v) is 4.24. The number of anilines is 1. The smallest absolute Gasteiger partial charge is 0.319 e. The van der Waals surface area contributed by atoms with E-state index in [2.05, 4.69) is 20.3 Å². The number of hydrogen-bond acceptors (Lipinski definition) is 9. The predicted molar refractivity (Wildman–Crippen MR) is 105 cm³/mol. The van der Waals surface area contributed by atoms with Crippen molar-refractivity contribution in [2.75, 3.05) is 39.2 Å². The number of thiazole rings is 1. The Kier molecular flexibility index (Phi) is 5.99. The quantitative estimate of drug-likeness (QED) is 0.746. The van der Waals surface area contributed by atoms with Gasteiger partial charge in [-0.2, -0.15) is 4.98 Å². The van der Waals surface area contributed by atoms with Crippen molar-refractivity contribution in [1.29, 1.82) is 0 Å². The summed E-state index contributed by atoms with van der Waals surface area (Å²) in [4.78, 5) is 27.9. The lowest BCUT2D eigenvalue weighted by molar-refractivity contribution is -0.0232. The van der Waals surface area contributed by atoms with Gasteiger partial charge in [0, 0.05) is 25.8 Å². The van der Waals surface area contributed by atoms with Crippen LogP contribution in [-0.2, 0) is 5.60 Å². The lowest BCUT2D eigenvalue weighted by atomic mass is 9.85. The number of aromatic nitrogens is 3. The molecule has 1 aliphatic heterocycles. The summed E-state index contributed by atoms with van der Waals surface area (Å²) in [6.07, 6.45) is 2.25. The minimum absolute atomic E-state index is 0.0563. The van der Waals surface area contributed by atoms with Crippen LogP contribution in [0.5, 0.6) is 11.9 Å². The number of nitrogens with zero attached hydrogens (tertiary/aromatic N) is 4. The summed E-state index contributed by atoms with van der Waals surface area (Å²) in [7, 11) is 2.96. The maximum atomic E-state index is 12.9. The fourth-order valence-electron chi connectivity index (χ4n) is 3.24. The van der Waals surface area contributed by atoms with Crippen molar-refractivity contribution < 1.29 is 19.4 Å². The number of hydrogen-bond donors (Lipinski definition) is 2. The molecule has 0 atom stereocenters. The van der Waals surface area contributed by atoms with Crippen molar-refractivity contribution in [3.8, 4) is 11.9 Å². The summed E-state index contributed by atoms with van der Waals surface area (Å²) in [5.74, 6) is 0.224. The maximum Gasteiger partial charge on any atom is 0.319 e. The Hall–Kier alpha value is -2.46. The zero-order valence-corrected chi connectivity index (χ0v) is 17.3. The highest BCUT2D eigenvalue weighted by Crippen LogP contribution is 2.38. The van der Waals surface area contributed by atoms with Crippen molar-refractivity contribution in [1.82, 2.24) is 19.9 Å². The molecular formula is C18H25N5O4S. The molecule has 2 N–H and O–H groups in total. The van der Waals surface area contributed by atoms with Crippen LogP contribution < -0.4 is 14.8 Å². The summed E-state index contributed by atoms with van der Waals surface area (Å²) >= 11 is 1.36. The molecule has 1 fully saturated rings. The highest BCUT2D eigenvalue weighted by atomic mass is 32.1. The van der Waals surface area contributed by atoms with Gasteiger partial charge in [-0.1, -0.05) is 11.3 Å². The molecule has 3 heterocycles. The van der Waals surface area contributed by atoms with E-state index < -0.39 is 5.60 Å². The van der Waals surface area contributed by atoms with Gasteiger partial charge < -0.3 is 24.8 Å². The second-order valence-electron chi connectivity index (χ2n) is 6.57. The Morgan fingerprint density at radius 3 is 2.64 bits per heavy atom. The van der Waals surface area contributed by atoms with Crippen molar-refractivity contribution in [2.24, 2.45) is 0 Å². The molecule has 0 aliphatic carbocycles. The van der Waals surface area contributed by atoms with Crippen molar-refractivity contribution in [3.05, 3.63) is 22.3 Å². The zero-order chi connectivity index (χ0) is 20.3. The average molecular weight is 407 g/mol. The monoisotopic (exact) mass is 407 g/mol. The van der Waals surface area contributed by atoms with Crippen LogP contribution in [0.4, 0.5) is 5.13 Å². The van der Waals surface area contributed by atoms with Gasteiger partial charge in [-0.3, -0.25) is 4.79 Å². The predicted octanol–water partition coefficient (Wildman–Crippen LogP) is 1.81. The highest BCUT2D eigenvalue weighted by molar-refractivity contribution is 7.17. The normalized spacial score (nSPS) is 16.0. The molecule has 9 nitrogen and oxygen atoms in total. The first kappa shape index (κ1) is 20.3. The van der Waals surface area contributed by atoms with Gasteiger partial charge in [0.15, 0.2) is 5.13 Å². The number of carbonyl (C=O) groups excluding carboxylic acids is 1. The number of ether oxygens (including phenoxy) is 2. The second-order valence-corrected chi connectivity index (χ2v) is 7.57. The Morgan fingerprint density at radius 2 is 2.04 bits per heavy atom. The summed E-state index contributed by atoms with van der Waals surface area (Å²) in [6, 6.07) is 0.175. The number of methoxy groups -OCH3 is 2. The van der Waals surface area contributed by atoms with Gasteiger partial charge in [0.1, 0.15) is 4.88 Å². The first-order valence-corrected chi connectivity index (χ1v) is 9.92. The van der Waals surface area contributed by atoms with Crippen LogP contribution in [0.1, 0.15) is 40.7 Å². The van der Waals surface area contributed by atoms with Gasteiger partial charge in [0.25, 0.3) is 5.91 Å². The molecule has 28 heavy (non-hydrogen) atoms. The molecule has 0 spiro atoms. The zero-order valence-electron chi connectivity index (χ0n) is 16.5. The fraction of sp³-hybridized carbons (Fsp3) is 0.556. The van der Waals surface area contributed by atoms with Gasteiger partial charge in [-0.05, 0) is 26.7 Å². The van der Waals surface area contributed by atoms with Gasteiger partial charge in [0.2, 0.25) is 5.88 Å². The number of aliphatic hydroxyl groups is 1. The third-order valence-corrected chi connectivity index (χ3v) is 5.91. The minimum Gasteiger partial charge on any atom is -0.481 e. The molecule has 1 saturated heterocycles. The van der Waals surface area contributed by atoms with E-state index in [1.165, 1.54) is 31.8 Å². The molecule has 0 saturated carbocycles. The first-order valence-electron chi connectivity index (χ1n) is 9.10. The number of likely N-dealkylation sites (tertiary alicyclic amines) is 1. The molecule has 152 valence electrons. The molecule has 2 aromatic heterocycles. The first-order chi connectivity index (χ1) is 13.4. The van der Waals surface area contributed by atoms with E-state index in [-0.39, 0.29) is 17.8 Å². The third-order valence-electron chi connectivity index (χ3n) is 4.81. The van der Waals surface area contributed by atoms with Crippen molar-refractivity contribution in [2.45, 2.75) is 32.3 Å². The number of aryl methyl sites for hydroxylation is 1. The Balaban J connectivity index is 1.74. The van der Waals surface area contributed by atoms with Gasteiger partial charge in [-0.15, -0.1) is 0 Å². The van der Waals surface area contributed by atoms with E-state index in [0.717, 1.165) is 17.4 Å². The molecule has 0 aromatic carbocycles. The topological polar surface area (TPSA) is 110 Å². The maximum absolute atomic E-state index is 12.9. The number of nitrogens with one attached hydrogen (secondary N) is 1. The van der Waals surface area contributed by atoms with Crippen molar-refractivity contribution in [3.63, 3.8) is 0 Å². The van der Waals surface area contributed by atoms with Crippen molar-refractivity contribution >= 4 is 22.4 Å². The van der Waals surface area contributed by atoms with Crippen LogP contribution >= 0.6 is 11.3 Å². The second kappa shape index (κ2) is 8.27. The Bertz CT molecular complexity index is 848. The molecule has 10 heteroatoms. The summed E-state index contributed by atoms with van der Waals surface area (Å²) < 4.78 is 10.3. The lowest BCUT2D eigenvalue weighted by Gasteiger charge is -2.38. The number of amides is 1. The summed E-state index contributed by atoms with van der Waals surface area (Å²) in [5, 5.41) is 15.0. The number of carbonyl (C=O) groups is 1. The summed E-state index contributed by atoms with van der Waals surface area (Å²) in [5.41, 5.74) is 0.0646. The molecule has 3 rings (SSSR count). The SMILES string of the molecule is CCNc1nc(C)c(C(=O)N2CCC(O)(c3cnc(OC)nc3OC)CC2)s1. The van der Waals surface area contributed by atoms with Crippen LogP contribution in [0.25, 0.3) is 0 Å². The van der Waals surface area contributed by atoms with Crippen LogP contribution in [0.3, 0.4) is 0 Å².